The second kappa shape index (κ2) is 6.77. The van der Waals surface area contributed by atoms with Gasteiger partial charge in [0.1, 0.15) is 17.5 Å². The summed E-state index contributed by atoms with van der Waals surface area (Å²) in [5.41, 5.74) is -0.229. The fourth-order valence-corrected chi connectivity index (χ4v) is 4.66. The summed E-state index contributed by atoms with van der Waals surface area (Å²) in [6.45, 7) is 19.3. The molecule has 0 aliphatic carbocycles. The van der Waals surface area contributed by atoms with Crippen molar-refractivity contribution in [2.45, 2.75) is 72.9 Å². The molecule has 5 heteroatoms. The summed E-state index contributed by atoms with van der Waals surface area (Å²) in [6.07, 6.45) is -0.252. The van der Waals surface area contributed by atoms with Gasteiger partial charge >= 0.3 is 5.97 Å². The summed E-state index contributed by atoms with van der Waals surface area (Å²) in [6, 6.07) is 7.64. The van der Waals surface area contributed by atoms with E-state index in [1.165, 1.54) is 0 Å². The summed E-state index contributed by atoms with van der Waals surface area (Å²) >= 11 is 0. The Morgan fingerprint density at radius 2 is 1.69 bits per heavy atom. The number of ether oxygens (including phenoxy) is 2. The Labute approximate surface area is 159 Å². The first-order chi connectivity index (χ1) is 11.7. The molecule has 0 N–H and O–H groups in total. The van der Waals surface area contributed by atoms with Gasteiger partial charge < -0.3 is 13.9 Å². The summed E-state index contributed by atoms with van der Waals surface area (Å²) in [7, 11) is -1.81. The number of benzene rings is 1. The van der Waals surface area contributed by atoms with Crippen molar-refractivity contribution in [2.24, 2.45) is 10.8 Å². The summed E-state index contributed by atoms with van der Waals surface area (Å²) < 4.78 is 18.5. The van der Waals surface area contributed by atoms with E-state index in [4.69, 9.17) is 13.9 Å². The van der Waals surface area contributed by atoms with Gasteiger partial charge in [-0.3, -0.25) is 4.79 Å². The van der Waals surface area contributed by atoms with E-state index >= 15 is 0 Å². The smallest absolute Gasteiger partial charge is 0.316 e. The average Bonchev–Trinajstić information content (AvgIpc) is 2.42. The van der Waals surface area contributed by atoms with Crippen LogP contribution in [0.4, 0.5) is 0 Å². The molecule has 0 bridgehead atoms. The quantitative estimate of drug-likeness (QED) is 0.403. The predicted octanol–water partition coefficient (Wildman–Crippen LogP) is 5.35. The molecule has 1 heterocycles. The van der Waals surface area contributed by atoms with Gasteiger partial charge in [-0.25, -0.2) is 0 Å². The Balaban J connectivity index is 2.43. The molecular formula is C21H34O4Si. The lowest BCUT2D eigenvalue weighted by molar-refractivity contribution is -0.274. The minimum absolute atomic E-state index is 0.114. The van der Waals surface area contributed by atoms with Crippen LogP contribution >= 0.6 is 0 Å². The Morgan fingerprint density at radius 3 is 2.12 bits per heavy atom. The molecule has 1 aliphatic rings. The molecule has 1 aromatic rings. The molecule has 146 valence electrons. The number of hydrogen-bond donors (Lipinski definition) is 0. The van der Waals surface area contributed by atoms with E-state index in [0.29, 0.717) is 12.4 Å². The third kappa shape index (κ3) is 4.21. The Hall–Kier alpha value is -1.17. The molecule has 0 saturated carbocycles. The maximum Gasteiger partial charge on any atom is 0.316 e. The maximum atomic E-state index is 12.4. The molecule has 1 aliphatic heterocycles. The van der Waals surface area contributed by atoms with Gasteiger partial charge in [0.15, 0.2) is 8.32 Å². The average molecular weight is 379 g/mol. The molecule has 0 amide bonds. The zero-order valence-corrected chi connectivity index (χ0v) is 18.7. The lowest BCUT2D eigenvalue weighted by Crippen LogP contribution is -2.65. The van der Waals surface area contributed by atoms with Crippen molar-refractivity contribution in [3.8, 4) is 5.75 Å². The molecular weight excluding hydrogens is 344 g/mol. The van der Waals surface area contributed by atoms with Crippen LogP contribution < -0.4 is 4.74 Å². The topological polar surface area (TPSA) is 44.8 Å². The van der Waals surface area contributed by atoms with E-state index in [1.807, 2.05) is 45.0 Å². The van der Waals surface area contributed by atoms with E-state index < -0.39 is 19.3 Å². The second-order valence-electron chi connectivity index (χ2n) is 10.2. The molecule has 4 nitrogen and oxygen atoms in total. The van der Waals surface area contributed by atoms with Gasteiger partial charge in [0, 0.05) is 5.56 Å². The van der Waals surface area contributed by atoms with Gasteiger partial charge in [-0.05, 0) is 51.9 Å². The van der Waals surface area contributed by atoms with Crippen molar-refractivity contribution in [3.63, 3.8) is 0 Å². The van der Waals surface area contributed by atoms with Crippen molar-refractivity contribution in [2.75, 3.05) is 6.61 Å². The highest BCUT2D eigenvalue weighted by atomic mass is 28.4. The minimum Gasteiger partial charge on any atom is -0.426 e. The largest absolute Gasteiger partial charge is 0.426 e. The van der Waals surface area contributed by atoms with Gasteiger partial charge in [0.05, 0.1) is 12.0 Å². The number of hydrogen-bond acceptors (Lipinski definition) is 4. The van der Waals surface area contributed by atoms with Crippen LogP contribution in [-0.4, -0.2) is 26.5 Å². The van der Waals surface area contributed by atoms with Crippen molar-refractivity contribution in [1.82, 2.24) is 0 Å². The molecule has 1 saturated heterocycles. The Bertz CT molecular complexity index is 664. The van der Waals surface area contributed by atoms with E-state index in [1.54, 1.807) is 0 Å². The zero-order chi connectivity index (χ0) is 20.0. The van der Waals surface area contributed by atoms with E-state index in [0.717, 1.165) is 5.56 Å². The number of rotatable bonds is 4. The monoisotopic (exact) mass is 378 g/mol. The zero-order valence-electron chi connectivity index (χ0n) is 17.7. The number of esters is 1. The number of carbonyl (C=O) groups excluding carboxylic acids is 1. The molecule has 0 unspecified atom stereocenters. The normalized spacial score (nSPS) is 24.1. The van der Waals surface area contributed by atoms with Crippen LogP contribution in [-0.2, 0) is 14.0 Å². The highest BCUT2D eigenvalue weighted by Crippen LogP contribution is 2.55. The SMILES string of the molecule is CC(C)(C)C(=O)Oc1ccccc1[C@H]1OC[C@]1(O[Si](C)(C)C)C(C)(C)C. The van der Waals surface area contributed by atoms with E-state index in [9.17, 15) is 4.79 Å². The summed E-state index contributed by atoms with van der Waals surface area (Å²) in [4.78, 5) is 12.4. The number of carbonyl (C=O) groups is 1. The molecule has 2 atom stereocenters. The molecule has 0 spiro atoms. The van der Waals surface area contributed by atoms with Crippen molar-refractivity contribution >= 4 is 14.3 Å². The first-order valence-corrected chi connectivity index (χ1v) is 12.7. The van der Waals surface area contributed by atoms with Gasteiger partial charge in [0.25, 0.3) is 0 Å². The summed E-state index contributed by atoms with van der Waals surface area (Å²) in [5, 5.41) is 0. The lowest BCUT2D eigenvalue weighted by Gasteiger charge is -2.58. The van der Waals surface area contributed by atoms with Crippen LogP contribution in [0.15, 0.2) is 24.3 Å². The van der Waals surface area contributed by atoms with Gasteiger partial charge in [0.2, 0.25) is 0 Å². The lowest BCUT2D eigenvalue weighted by atomic mass is 9.68. The molecule has 1 fully saturated rings. The predicted molar refractivity (Wildman–Crippen MR) is 107 cm³/mol. The van der Waals surface area contributed by atoms with Gasteiger partial charge in [-0.1, -0.05) is 39.0 Å². The fourth-order valence-electron chi connectivity index (χ4n) is 3.09. The maximum absolute atomic E-state index is 12.4. The first kappa shape index (κ1) is 21.1. The minimum atomic E-state index is -1.81. The third-order valence-corrected chi connectivity index (χ3v) is 5.64. The van der Waals surface area contributed by atoms with Gasteiger partial charge in [-0.2, -0.15) is 0 Å². The van der Waals surface area contributed by atoms with Crippen molar-refractivity contribution < 1.29 is 18.7 Å². The second-order valence-corrected chi connectivity index (χ2v) is 14.7. The van der Waals surface area contributed by atoms with Crippen molar-refractivity contribution in [1.29, 1.82) is 0 Å². The van der Waals surface area contributed by atoms with E-state index in [2.05, 4.69) is 40.4 Å². The molecule has 0 radical (unpaired) electrons. The van der Waals surface area contributed by atoms with Crippen LogP contribution in [0.25, 0.3) is 0 Å². The van der Waals surface area contributed by atoms with Crippen LogP contribution in [0.2, 0.25) is 19.6 Å². The fraction of sp³-hybridized carbons (Fsp3) is 0.667. The van der Waals surface area contributed by atoms with Crippen LogP contribution in [0.5, 0.6) is 5.75 Å². The molecule has 0 aromatic heterocycles. The Kier molecular flexibility index (Phi) is 5.50. The summed E-state index contributed by atoms with van der Waals surface area (Å²) in [5.74, 6) is 0.307. The molecule has 26 heavy (non-hydrogen) atoms. The molecule has 1 aromatic carbocycles. The van der Waals surface area contributed by atoms with Crippen LogP contribution in [0.1, 0.15) is 53.2 Å². The standard InChI is InChI=1S/C21H34O4Si/c1-19(2,3)18(22)24-16-13-11-10-12-15(16)17-21(14-23-17,20(4,5)6)25-26(7,8)9/h10-13,17H,14H2,1-9H3/t17-,21-/m1/s1. The van der Waals surface area contributed by atoms with E-state index in [-0.39, 0.29) is 17.5 Å². The third-order valence-electron chi connectivity index (χ3n) is 4.66. The highest BCUT2D eigenvalue weighted by molar-refractivity contribution is 6.69. The molecule has 2 rings (SSSR count). The Morgan fingerprint density at radius 1 is 1.12 bits per heavy atom. The van der Waals surface area contributed by atoms with Crippen LogP contribution in [0.3, 0.4) is 0 Å². The number of para-hydroxylation sites is 1. The van der Waals surface area contributed by atoms with Crippen LogP contribution in [0, 0.1) is 10.8 Å². The van der Waals surface area contributed by atoms with Crippen molar-refractivity contribution in [3.05, 3.63) is 29.8 Å². The first-order valence-electron chi connectivity index (χ1n) is 9.30. The van der Waals surface area contributed by atoms with Gasteiger partial charge in [-0.15, -0.1) is 0 Å². The highest BCUT2D eigenvalue weighted by Gasteiger charge is 2.59.